The lowest BCUT2D eigenvalue weighted by molar-refractivity contribution is 1.46. The molecule has 0 atom stereocenters. The summed E-state index contributed by atoms with van der Waals surface area (Å²) in [4.78, 5) is 1.27. The van der Waals surface area contributed by atoms with E-state index in [9.17, 15) is 0 Å². The van der Waals surface area contributed by atoms with E-state index in [0.29, 0.717) is 0 Å². The van der Waals surface area contributed by atoms with Crippen LogP contribution in [0.1, 0.15) is 0 Å². The van der Waals surface area contributed by atoms with Gasteiger partial charge in [0.1, 0.15) is 0 Å². The highest BCUT2D eigenvalue weighted by atomic mass is 32.2. The molecule has 1 nitrogen and oxygen atoms in total. The van der Waals surface area contributed by atoms with Crippen LogP contribution in [0, 0.1) is 0 Å². The lowest BCUT2D eigenvalue weighted by atomic mass is 10.3. The van der Waals surface area contributed by atoms with Crippen LogP contribution in [0.3, 0.4) is 0 Å². The van der Waals surface area contributed by atoms with Crippen LogP contribution in [0.4, 0.5) is 5.69 Å². The molecule has 0 amide bonds. The van der Waals surface area contributed by atoms with Gasteiger partial charge in [-0.05, 0) is 12.1 Å². The quantitative estimate of drug-likeness (QED) is 0.608. The second-order valence-corrected chi connectivity index (χ2v) is 3.28. The second-order valence-electron chi connectivity index (χ2n) is 2.15. The van der Waals surface area contributed by atoms with Crippen molar-refractivity contribution in [2.45, 2.75) is 4.90 Å². The summed E-state index contributed by atoms with van der Waals surface area (Å²) in [7, 11) is 0. The predicted octanol–water partition coefficient (Wildman–Crippen LogP) is 2.68. The molecule has 1 aromatic rings. The zero-order valence-electron chi connectivity index (χ0n) is 5.42. The molecule has 0 spiro atoms. The number of anilines is 1. The van der Waals surface area contributed by atoms with Crippen LogP contribution in [0.5, 0.6) is 0 Å². The Labute approximate surface area is 64.1 Å². The van der Waals surface area contributed by atoms with Crippen molar-refractivity contribution in [2.75, 3.05) is 5.32 Å². The highest BCUT2D eigenvalue weighted by Crippen LogP contribution is 2.39. The first-order valence-electron chi connectivity index (χ1n) is 3.09. The van der Waals surface area contributed by atoms with Gasteiger partial charge in [-0.25, -0.2) is 0 Å². The Morgan fingerprint density at radius 1 is 1.30 bits per heavy atom. The van der Waals surface area contributed by atoms with E-state index in [0.717, 1.165) is 5.03 Å². The number of hydrogen-bond acceptors (Lipinski definition) is 2. The zero-order chi connectivity index (χ0) is 6.97. The van der Waals surface area contributed by atoms with E-state index in [1.54, 1.807) is 11.8 Å². The summed E-state index contributed by atoms with van der Waals surface area (Å²) in [5.41, 5.74) is 1.18. The Morgan fingerprint density at radius 2 is 2.10 bits per heavy atom. The van der Waals surface area contributed by atoms with Gasteiger partial charge in [0.2, 0.25) is 0 Å². The molecule has 1 aliphatic rings. The minimum absolute atomic E-state index is 1.02. The zero-order valence-corrected chi connectivity index (χ0v) is 6.24. The van der Waals surface area contributed by atoms with Gasteiger partial charge in [-0.15, -0.1) is 0 Å². The largest absolute Gasteiger partial charge is 0.350 e. The molecule has 0 fully saturated rings. The summed E-state index contributed by atoms with van der Waals surface area (Å²) >= 11 is 1.69. The van der Waals surface area contributed by atoms with E-state index in [1.807, 2.05) is 12.1 Å². The molecule has 1 heterocycles. The smallest absolute Gasteiger partial charge is 0.0701 e. The van der Waals surface area contributed by atoms with E-state index in [2.05, 4.69) is 24.0 Å². The third kappa shape index (κ3) is 0.809. The number of para-hydroxylation sites is 1. The molecule has 0 radical (unpaired) electrons. The number of nitrogens with one attached hydrogen (secondary N) is 1. The first kappa shape index (κ1) is 5.86. The Balaban J connectivity index is 2.51. The first-order chi connectivity index (χ1) is 4.86. The van der Waals surface area contributed by atoms with Crippen LogP contribution in [0.25, 0.3) is 0 Å². The molecule has 1 aromatic carbocycles. The molecule has 0 aliphatic carbocycles. The minimum atomic E-state index is 1.02. The van der Waals surface area contributed by atoms with Crippen molar-refractivity contribution in [2.24, 2.45) is 0 Å². The maximum Gasteiger partial charge on any atom is 0.0701 e. The normalized spacial score (nSPS) is 14.6. The standard InChI is InChI=1S/C8H7NS/c1-6-9-7-4-2-3-5-8(7)10-6/h2-5,9H,1H2. The summed E-state index contributed by atoms with van der Waals surface area (Å²) < 4.78 is 0. The fraction of sp³-hybridized carbons (Fsp3) is 0. The summed E-state index contributed by atoms with van der Waals surface area (Å²) in [6.45, 7) is 3.82. The molecule has 0 bridgehead atoms. The van der Waals surface area contributed by atoms with Crippen LogP contribution in [-0.2, 0) is 0 Å². The van der Waals surface area contributed by atoms with Gasteiger partial charge < -0.3 is 5.32 Å². The van der Waals surface area contributed by atoms with Gasteiger partial charge in [-0.1, -0.05) is 30.5 Å². The van der Waals surface area contributed by atoms with Crippen molar-refractivity contribution < 1.29 is 0 Å². The van der Waals surface area contributed by atoms with Crippen LogP contribution < -0.4 is 5.32 Å². The van der Waals surface area contributed by atoms with Crippen molar-refractivity contribution >= 4 is 17.4 Å². The van der Waals surface area contributed by atoms with Crippen LogP contribution >= 0.6 is 11.8 Å². The monoisotopic (exact) mass is 149 g/mol. The number of benzene rings is 1. The van der Waals surface area contributed by atoms with Crippen LogP contribution in [-0.4, -0.2) is 0 Å². The SMILES string of the molecule is C=C1Nc2ccccc2S1. The van der Waals surface area contributed by atoms with E-state index in [-0.39, 0.29) is 0 Å². The third-order valence-electron chi connectivity index (χ3n) is 1.39. The number of hydrogen-bond donors (Lipinski definition) is 1. The number of fused-ring (bicyclic) bond motifs is 1. The summed E-state index contributed by atoms with van der Waals surface area (Å²) in [6, 6.07) is 8.20. The average Bonchev–Trinajstić information content (AvgIpc) is 2.27. The van der Waals surface area contributed by atoms with Crippen molar-refractivity contribution in [1.29, 1.82) is 0 Å². The molecule has 50 valence electrons. The van der Waals surface area contributed by atoms with Gasteiger partial charge in [-0.2, -0.15) is 0 Å². The minimum Gasteiger partial charge on any atom is -0.350 e. The van der Waals surface area contributed by atoms with E-state index >= 15 is 0 Å². The molecule has 0 aromatic heterocycles. The maximum atomic E-state index is 3.82. The lowest BCUT2D eigenvalue weighted by Gasteiger charge is -1.93. The summed E-state index contributed by atoms with van der Waals surface area (Å²) in [6.07, 6.45) is 0. The molecule has 1 aliphatic heterocycles. The van der Waals surface area contributed by atoms with Crippen molar-refractivity contribution in [3.63, 3.8) is 0 Å². The Bertz CT molecular complexity index is 253. The van der Waals surface area contributed by atoms with Crippen molar-refractivity contribution in [1.82, 2.24) is 0 Å². The van der Waals surface area contributed by atoms with Crippen LogP contribution in [0.15, 0.2) is 40.8 Å². The van der Waals surface area contributed by atoms with E-state index < -0.39 is 0 Å². The van der Waals surface area contributed by atoms with Crippen LogP contribution in [0.2, 0.25) is 0 Å². The van der Waals surface area contributed by atoms with Gasteiger partial charge in [0.05, 0.1) is 10.7 Å². The maximum absolute atomic E-state index is 3.82. The van der Waals surface area contributed by atoms with Gasteiger partial charge in [-0.3, -0.25) is 0 Å². The van der Waals surface area contributed by atoms with Gasteiger partial charge in [0.25, 0.3) is 0 Å². The molecule has 1 N–H and O–H groups in total. The third-order valence-corrected chi connectivity index (χ3v) is 2.32. The fourth-order valence-electron chi connectivity index (χ4n) is 0.967. The Morgan fingerprint density at radius 3 is 2.90 bits per heavy atom. The number of thioether (sulfide) groups is 1. The average molecular weight is 149 g/mol. The first-order valence-corrected chi connectivity index (χ1v) is 3.91. The molecule has 0 saturated heterocycles. The van der Waals surface area contributed by atoms with Gasteiger partial charge >= 0.3 is 0 Å². The van der Waals surface area contributed by atoms with Gasteiger partial charge in [0, 0.05) is 4.90 Å². The molecule has 2 rings (SSSR count). The topological polar surface area (TPSA) is 12.0 Å². The number of rotatable bonds is 0. The van der Waals surface area contributed by atoms with Crippen molar-refractivity contribution in [3.8, 4) is 0 Å². The second kappa shape index (κ2) is 2.06. The Kier molecular flexibility index (Phi) is 1.21. The molecule has 10 heavy (non-hydrogen) atoms. The Hall–Kier alpha value is -0.890. The molecular weight excluding hydrogens is 142 g/mol. The lowest BCUT2D eigenvalue weighted by Crippen LogP contribution is -1.84. The van der Waals surface area contributed by atoms with E-state index in [4.69, 9.17) is 0 Å². The molecular formula is C8H7NS. The molecule has 0 saturated carbocycles. The van der Waals surface area contributed by atoms with E-state index in [1.165, 1.54) is 10.6 Å². The van der Waals surface area contributed by atoms with Gasteiger partial charge in [0.15, 0.2) is 0 Å². The summed E-state index contributed by atoms with van der Waals surface area (Å²) in [5.74, 6) is 0. The highest BCUT2D eigenvalue weighted by molar-refractivity contribution is 8.03. The predicted molar refractivity (Wildman–Crippen MR) is 45.1 cm³/mol. The highest BCUT2D eigenvalue weighted by Gasteiger charge is 2.11. The fourth-order valence-corrected chi connectivity index (χ4v) is 1.77. The molecule has 0 unspecified atom stereocenters. The molecule has 2 heteroatoms. The summed E-state index contributed by atoms with van der Waals surface area (Å²) in [5, 5.41) is 4.18. The van der Waals surface area contributed by atoms with Crippen molar-refractivity contribution in [3.05, 3.63) is 35.9 Å².